The molecule has 0 aliphatic carbocycles. The van der Waals surface area contributed by atoms with Crippen LogP contribution in [0.2, 0.25) is 0 Å². The molecule has 0 unspecified atom stereocenters. The van der Waals surface area contributed by atoms with Crippen LogP contribution in [-0.2, 0) is 6.42 Å². The van der Waals surface area contributed by atoms with Gasteiger partial charge in [0.2, 0.25) is 0 Å². The summed E-state index contributed by atoms with van der Waals surface area (Å²) >= 11 is 0. The van der Waals surface area contributed by atoms with Crippen molar-refractivity contribution in [2.24, 2.45) is 10.8 Å². The van der Waals surface area contributed by atoms with E-state index in [9.17, 15) is 9.59 Å². The maximum Gasteiger partial charge on any atom is 0.168 e. The predicted octanol–water partition coefficient (Wildman–Crippen LogP) is 6.13. The minimum absolute atomic E-state index is 0.158. The van der Waals surface area contributed by atoms with Crippen molar-refractivity contribution in [2.75, 3.05) is 0 Å². The van der Waals surface area contributed by atoms with Gasteiger partial charge < -0.3 is 0 Å². The maximum absolute atomic E-state index is 12.5. The second kappa shape index (κ2) is 7.57. The summed E-state index contributed by atoms with van der Waals surface area (Å²) in [5, 5.41) is 0. The smallest absolute Gasteiger partial charge is 0.168 e. The highest BCUT2D eigenvalue weighted by Crippen LogP contribution is 2.26. The molecule has 2 aromatic rings. The van der Waals surface area contributed by atoms with E-state index < -0.39 is 0 Å². The van der Waals surface area contributed by atoms with Crippen LogP contribution in [0.4, 0.5) is 0 Å². The summed E-state index contributed by atoms with van der Waals surface area (Å²) in [6.45, 7) is 11.8. The van der Waals surface area contributed by atoms with Crippen molar-refractivity contribution >= 4 is 11.6 Å². The molecule has 26 heavy (non-hydrogen) atoms. The lowest BCUT2D eigenvalue weighted by molar-refractivity contribution is 0.0831. The van der Waals surface area contributed by atoms with Crippen LogP contribution in [0.3, 0.4) is 0 Å². The average molecular weight is 351 g/mol. The van der Waals surface area contributed by atoms with Gasteiger partial charge in [-0.1, -0.05) is 90.1 Å². The van der Waals surface area contributed by atoms with Crippen LogP contribution in [-0.4, -0.2) is 11.6 Å². The van der Waals surface area contributed by atoms with E-state index >= 15 is 0 Å². The Labute approximate surface area is 157 Å². The number of ketones is 2. The van der Waals surface area contributed by atoms with Gasteiger partial charge in [0.05, 0.1) is 0 Å². The van der Waals surface area contributed by atoms with Gasteiger partial charge in [-0.05, 0) is 24.0 Å². The number of carbonyl (C=O) groups excluding carboxylic acids is 2. The van der Waals surface area contributed by atoms with Crippen molar-refractivity contribution in [1.29, 1.82) is 0 Å². The second-order valence-electron chi connectivity index (χ2n) is 8.72. The Morgan fingerprint density at radius 1 is 0.692 bits per heavy atom. The number of rotatable bonds is 6. The minimum atomic E-state index is -0.365. The van der Waals surface area contributed by atoms with Crippen LogP contribution < -0.4 is 0 Å². The van der Waals surface area contributed by atoms with Gasteiger partial charge >= 0.3 is 0 Å². The molecular weight excluding hydrogens is 320 g/mol. The summed E-state index contributed by atoms with van der Waals surface area (Å²) < 4.78 is 0. The Hall–Kier alpha value is -2.22. The molecule has 0 radical (unpaired) electrons. The predicted molar refractivity (Wildman–Crippen MR) is 108 cm³/mol. The Kier molecular flexibility index (Phi) is 5.85. The molecule has 2 nitrogen and oxygen atoms in total. The molecule has 0 atom stereocenters. The van der Waals surface area contributed by atoms with E-state index in [0.29, 0.717) is 0 Å². The van der Waals surface area contributed by atoms with E-state index in [0.717, 1.165) is 35.1 Å². The molecule has 2 aromatic carbocycles. The lowest BCUT2D eigenvalue weighted by Gasteiger charge is -2.20. The molecule has 0 saturated heterocycles. The van der Waals surface area contributed by atoms with Crippen molar-refractivity contribution in [3.8, 4) is 0 Å². The zero-order valence-corrected chi connectivity index (χ0v) is 16.8. The second-order valence-corrected chi connectivity index (χ2v) is 8.72. The van der Waals surface area contributed by atoms with Crippen molar-refractivity contribution in [3.05, 3.63) is 70.8 Å². The van der Waals surface area contributed by atoms with E-state index in [1.807, 2.05) is 90.1 Å². The fourth-order valence-corrected chi connectivity index (χ4v) is 2.77. The van der Waals surface area contributed by atoms with Gasteiger partial charge in [-0.15, -0.1) is 0 Å². The van der Waals surface area contributed by atoms with Crippen LogP contribution >= 0.6 is 0 Å². The Morgan fingerprint density at radius 2 is 1.08 bits per heavy atom. The summed E-state index contributed by atoms with van der Waals surface area (Å²) in [7, 11) is 0. The molecule has 0 spiro atoms. The van der Waals surface area contributed by atoms with Crippen molar-refractivity contribution in [2.45, 2.75) is 54.4 Å². The number of hydrogen-bond acceptors (Lipinski definition) is 2. The van der Waals surface area contributed by atoms with Gasteiger partial charge in [0.25, 0.3) is 0 Å². The van der Waals surface area contributed by atoms with Crippen molar-refractivity contribution < 1.29 is 9.59 Å². The van der Waals surface area contributed by atoms with Crippen molar-refractivity contribution in [3.63, 3.8) is 0 Å². The van der Waals surface area contributed by atoms with Gasteiger partial charge in [-0.2, -0.15) is 0 Å². The fraction of sp³-hybridized carbons (Fsp3) is 0.417. The van der Waals surface area contributed by atoms with Gasteiger partial charge in [-0.3, -0.25) is 9.59 Å². The number of carbonyl (C=O) groups is 2. The fourth-order valence-electron chi connectivity index (χ4n) is 2.77. The largest absolute Gasteiger partial charge is 0.294 e. The third-order valence-corrected chi connectivity index (χ3v) is 5.02. The molecular formula is C24H30O2. The highest BCUT2D eigenvalue weighted by Gasteiger charge is 2.26. The average Bonchev–Trinajstić information content (AvgIpc) is 2.61. The van der Waals surface area contributed by atoms with E-state index in [4.69, 9.17) is 0 Å². The Bertz CT molecular complexity index is 772. The highest BCUT2D eigenvalue weighted by atomic mass is 16.1. The van der Waals surface area contributed by atoms with Gasteiger partial charge in [0.1, 0.15) is 0 Å². The SMILES string of the molecule is CCC(C)(C)C(=O)c1ccc(Cc2ccc(C(=O)C(C)(C)C)cc2)cc1. The summed E-state index contributed by atoms with van der Waals surface area (Å²) in [6, 6.07) is 15.7. The van der Waals surface area contributed by atoms with Gasteiger partial charge in [0, 0.05) is 22.0 Å². The molecule has 0 aliphatic rings. The van der Waals surface area contributed by atoms with Crippen LogP contribution in [0.5, 0.6) is 0 Å². The molecule has 0 N–H and O–H groups in total. The maximum atomic E-state index is 12.5. The lowest BCUT2D eigenvalue weighted by atomic mass is 9.82. The standard InChI is InChI=1S/C24H30O2/c1-7-24(5,6)22(26)20-14-10-18(11-15-20)16-17-8-12-19(13-9-17)21(25)23(2,3)4/h8-15H,7,16H2,1-6H3. The van der Waals surface area contributed by atoms with E-state index in [-0.39, 0.29) is 22.4 Å². The van der Waals surface area contributed by atoms with E-state index in [2.05, 4.69) is 0 Å². The van der Waals surface area contributed by atoms with Crippen LogP contribution in [0, 0.1) is 10.8 Å². The zero-order chi connectivity index (χ0) is 19.5. The zero-order valence-electron chi connectivity index (χ0n) is 16.8. The van der Waals surface area contributed by atoms with Crippen LogP contribution in [0.15, 0.2) is 48.5 Å². The Balaban J connectivity index is 2.10. The molecule has 0 aliphatic heterocycles. The molecule has 0 aromatic heterocycles. The molecule has 0 fully saturated rings. The Morgan fingerprint density at radius 3 is 1.42 bits per heavy atom. The number of benzene rings is 2. The van der Waals surface area contributed by atoms with Crippen LogP contribution in [0.1, 0.15) is 79.8 Å². The monoisotopic (exact) mass is 350 g/mol. The minimum Gasteiger partial charge on any atom is -0.294 e. The summed E-state index contributed by atoms with van der Waals surface area (Å²) in [6.07, 6.45) is 1.61. The molecule has 2 rings (SSSR count). The first-order valence-corrected chi connectivity index (χ1v) is 9.32. The quantitative estimate of drug-likeness (QED) is 0.588. The van der Waals surface area contributed by atoms with E-state index in [1.165, 1.54) is 0 Å². The first-order valence-electron chi connectivity index (χ1n) is 9.32. The normalized spacial score (nSPS) is 12.1. The van der Waals surface area contributed by atoms with E-state index in [1.54, 1.807) is 0 Å². The summed E-state index contributed by atoms with van der Waals surface area (Å²) in [4.78, 5) is 24.8. The summed E-state index contributed by atoms with van der Waals surface area (Å²) in [5.41, 5.74) is 3.15. The topological polar surface area (TPSA) is 34.1 Å². The molecule has 0 heterocycles. The molecule has 0 saturated carbocycles. The number of hydrogen-bond donors (Lipinski definition) is 0. The van der Waals surface area contributed by atoms with Crippen LogP contribution in [0.25, 0.3) is 0 Å². The van der Waals surface area contributed by atoms with Crippen molar-refractivity contribution in [1.82, 2.24) is 0 Å². The third-order valence-electron chi connectivity index (χ3n) is 5.02. The molecule has 2 heteroatoms. The molecule has 0 amide bonds. The number of Topliss-reactive ketones (excluding diaryl/α,β-unsaturated/α-hetero) is 2. The van der Waals surface area contributed by atoms with Gasteiger partial charge in [0.15, 0.2) is 11.6 Å². The lowest BCUT2D eigenvalue weighted by Crippen LogP contribution is -2.23. The molecule has 138 valence electrons. The summed E-state index contributed by atoms with van der Waals surface area (Å²) in [5.74, 6) is 0.349. The highest BCUT2D eigenvalue weighted by molar-refractivity contribution is 6.00. The molecule has 0 bridgehead atoms. The first kappa shape index (κ1) is 20.1. The third kappa shape index (κ3) is 4.69. The first-order chi connectivity index (χ1) is 12.0. The van der Waals surface area contributed by atoms with Gasteiger partial charge in [-0.25, -0.2) is 0 Å².